The van der Waals surface area contributed by atoms with Gasteiger partial charge >= 0.3 is 0 Å². The summed E-state index contributed by atoms with van der Waals surface area (Å²) >= 11 is 9.71. The molecule has 5 rings (SSSR count). The Morgan fingerprint density at radius 2 is 1.74 bits per heavy atom. The number of amides is 1. The third-order valence-electron chi connectivity index (χ3n) is 6.13. The molecule has 34 heavy (non-hydrogen) atoms. The SMILES string of the molecule is COc1ccc(-c2cc(C(=O)N3CCN(c4cccc(Cl)c4)CC3)c3cc(Br)ccc3n2)cc1. The Kier molecular flexibility index (Phi) is 6.44. The molecule has 0 bridgehead atoms. The summed E-state index contributed by atoms with van der Waals surface area (Å²) in [6.07, 6.45) is 0. The topological polar surface area (TPSA) is 45.7 Å². The van der Waals surface area contributed by atoms with Gasteiger partial charge in [-0.25, -0.2) is 4.98 Å². The minimum atomic E-state index is 0.0194. The van der Waals surface area contributed by atoms with Crippen LogP contribution in [0.15, 0.2) is 77.3 Å². The maximum atomic E-state index is 13.7. The van der Waals surface area contributed by atoms with Crippen LogP contribution in [0.25, 0.3) is 22.2 Å². The molecule has 5 nitrogen and oxygen atoms in total. The minimum Gasteiger partial charge on any atom is -0.497 e. The molecule has 1 aromatic heterocycles. The normalized spacial score (nSPS) is 13.9. The molecule has 0 spiro atoms. The van der Waals surface area contributed by atoms with Crippen LogP contribution in [-0.2, 0) is 0 Å². The first-order valence-electron chi connectivity index (χ1n) is 11.1. The molecule has 1 aliphatic rings. The van der Waals surface area contributed by atoms with E-state index in [-0.39, 0.29) is 5.91 Å². The van der Waals surface area contributed by atoms with Gasteiger partial charge in [0, 0.05) is 52.3 Å². The molecular formula is C27H23BrClN3O2. The lowest BCUT2D eigenvalue weighted by molar-refractivity contribution is 0.0748. The zero-order chi connectivity index (χ0) is 23.7. The first-order valence-corrected chi connectivity index (χ1v) is 12.2. The van der Waals surface area contributed by atoms with Crippen LogP contribution in [0.4, 0.5) is 5.69 Å². The van der Waals surface area contributed by atoms with Gasteiger partial charge in [-0.1, -0.05) is 33.6 Å². The fraction of sp³-hybridized carbons (Fsp3) is 0.185. The molecule has 4 aromatic rings. The highest BCUT2D eigenvalue weighted by Gasteiger charge is 2.25. The second-order valence-corrected chi connectivity index (χ2v) is 9.56. The van der Waals surface area contributed by atoms with Crippen LogP contribution >= 0.6 is 27.5 Å². The number of fused-ring (bicyclic) bond motifs is 1. The molecule has 3 aromatic carbocycles. The zero-order valence-electron chi connectivity index (χ0n) is 18.7. The summed E-state index contributed by atoms with van der Waals surface area (Å²) in [7, 11) is 1.64. The summed E-state index contributed by atoms with van der Waals surface area (Å²) in [6, 6.07) is 23.3. The number of rotatable bonds is 4. The molecule has 172 valence electrons. The number of carbonyl (C=O) groups is 1. The van der Waals surface area contributed by atoms with Gasteiger partial charge in [-0.05, 0) is 66.7 Å². The van der Waals surface area contributed by atoms with E-state index in [9.17, 15) is 4.79 Å². The van der Waals surface area contributed by atoms with Crippen LogP contribution in [0, 0.1) is 0 Å². The van der Waals surface area contributed by atoms with E-state index in [1.54, 1.807) is 7.11 Å². The van der Waals surface area contributed by atoms with Gasteiger partial charge in [0.1, 0.15) is 5.75 Å². The van der Waals surface area contributed by atoms with Crippen LogP contribution in [0.3, 0.4) is 0 Å². The van der Waals surface area contributed by atoms with E-state index in [2.05, 4.69) is 26.9 Å². The van der Waals surface area contributed by atoms with Crippen LogP contribution in [-0.4, -0.2) is 49.1 Å². The van der Waals surface area contributed by atoms with Gasteiger partial charge in [0.25, 0.3) is 5.91 Å². The van der Waals surface area contributed by atoms with Gasteiger partial charge in [0.15, 0.2) is 0 Å². The number of aromatic nitrogens is 1. The summed E-state index contributed by atoms with van der Waals surface area (Å²) in [6.45, 7) is 2.79. The number of pyridine rings is 1. The van der Waals surface area contributed by atoms with Crippen molar-refractivity contribution in [3.63, 3.8) is 0 Å². The molecule has 1 amide bonds. The van der Waals surface area contributed by atoms with Crippen molar-refractivity contribution < 1.29 is 9.53 Å². The summed E-state index contributed by atoms with van der Waals surface area (Å²) in [5.74, 6) is 0.799. The largest absolute Gasteiger partial charge is 0.497 e. The zero-order valence-corrected chi connectivity index (χ0v) is 21.0. The predicted octanol–water partition coefficient (Wildman–Crippen LogP) is 6.29. The van der Waals surface area contributed by atoms with E-state index in [0.29, 0.717) is 18.7 Å². The predicted molar refractivity (Wildman–Crippen MR) is 141 cm³/mol. The molecule has 0 radical (unpaired) electrons. The smallest absolute Gasteiger partial charge is 0.254 e. The molecule has 0 atom stereocenters. The number of carbonyl (C=O) groups excluding carboxylic acids is 1. The van der Waals surface area contributed by atoms with Crippen molar-refractivity contribution in [2.24, 2.45) is 0 Å². The van der Waals surface area contributed by atoms with E-state index in [1.165, 1.54) is 0 Å². The summed E-state index contributed by atoms with van der Waals surface area (Å²) in [5, 5.41) is 1.56. The van der Waals surface area contributed by atoms with E-state index >= 15 is 0 Å². The molecule has 2 heterocycles. The van der Waals surface area contributed by atoms with E-state index < -0.39 is 0 Å². The summed E-state index contributed by atoms with van der Waals surface area (Å²) in [5.41, 5.74) is 4.23. The summed E-state index contributed by atoms with van der Waals surface area (Å²) < 4.78 is 6.19. The van der Waals surface area contributed by atoms with Crippen molar-refractivity contribution in [1.82, 2.24) is 9.88 Å². The third-order valence-corrected chi connectivity index (χ3v) is 6.86. The fourth-order valence-corrected chi connectivity index (χ4v) is 4.84. The Morgan fingerprint density at radius 3 is 2.44 bits per heavy atom. The van der Waals surface area contributed by atoms with Crippen LogP contribution in [0.1, 0.15) is 10.4 Å². The van der Waals surface area contributed by atoms with Crippen molar-refractivity contribution in [3.05, 3.63) is 87.9 Å². The first kappa shape index (κ1) is 22.7. The Balaban J connectivity index is 1.46. The highest BCUT2D eigenvalue weighted by molar-refractivity contribution is 9.10. The van der Waals surface area contributed by atoms with E-state index in [0.717, 1.165) is 56.2 Å². The lowest BCUT2D eigenvalue weighted by Crippen LogP contribution is -2.48. The molecule has 1 saturated heterocycles. The van der Waals surface area contributed by atoms with Crippen molar-refractivity contribution in [2.45, 2.75) is 0 Å². The molecule has 0 saturated carbocycles. The lowest BCUT2D eigenvalue weighted by Gasteiger charge is -2.36. The average molecular weight is 537 g/mol. The standard InChI is InChI=1S/C27H23BrClN3O2/c1-34-22-8-5-18(6-9-22)26-17-24(23-15-19(28)7-10-25(23)30-26)27(33)32-13-11-31(12-14-32)21-4-2-3-20(29)16-21/h2-10,15-17H,11-14H2,1H3. The average Bonchev–Trinajstić information content (AvgIpc) is 2.88. The Hall–Kier alpha value is -3.09. The Morgan fingerprint density at radius 1 is 0.971 bits per heavy atom. The number of ether oxygens (including phenoxy) is 1. The van der Waals surface area contributed by atoms with Crippen molar-refractivity contribution in [1.29, 1.82) is 0 Å². The number of benzene rings is 3. The third kappa shape index (κ3) is 4.61. The molecule has 0 N–H and O–H groups in total. The highest BCUT2D eigenvalue weighted by Crippen LogP contribution is 2.30. The second-order valence-electron chi connectivity index (χ2n) is 8.20. The number of piperazine rings is 1. The number of hydrogen-bond donors (Lipinski definition) is 0. The van der Waals surface area contributed by atoms with Crippen LogP contribution in [0.2, 0.25) is 5.02 Å². The van der Waals surface area contributed by atoms with Gasteiger partial charge in [-0.15, -0.1) is 0 Å². The lowest BCUT2D eigenvalue weighted by atomic mass is 10.0. The summed E-state index contributed by atoms with van der Waals surface area (Å²) in [4.78, 5) is 22.8. The molecule has 1 fully saturated rings. The molecule has 0 unspecified atom stereocenters. The van der Waals surface area contributed by atoms with Gasteiger partial charge in [-0.3, -0.25) is 4.79 Å². The number of hydrogen-bond acceptors (Lipinski definition) is 4. The maximum Gasteiger partial charge on any atom is 0.254 e. The van der Waals surface area contributed by atoms with Crippen molar-refractivity contribution in [2.75, 3.05) is 38.2 Å². The quantitative estimate of drug-likeness (QED) is 0.308. The second kappa shape index (κ2) is 9.65. The number of methoxy groups -OCH3 is 1. The number of anilines is 1. The fourth-order valence-electron chi connectivity index (χ4n) is 4.30. The first-order chi connectivity index (χ1) is 16.5. The van der Waals surface area contributed by atoms with Gasteiger partial charge < -0.3 is 14.5 Å². The van der Waals surface area contributed by atoms with Crippen molar-refractivity contribution in [3.8, 4) is 17.0 Å². The molecular weight excluding hydrogens is 514 g/mol. The maximum absolute atomic E-state index is 13.7. The number of nitrogens with zero attached hydrogens (tertiary/aromatic N) is 3. The highest BCUT2D eigenvalue weighted by atomic mass is 79.9. The van der Waals surface area contributed by atoms with Crippen LogP contribution < -0.4 is 9.64 Å². The monoisotopic (exact) mass is 535 g/mol. The van der Waals surface area contributed by atoms with E-state index in [1.807, 2.05) is 71.6 Å². The van der Waals surface area contributed by atoms with Crippen molar-refractivity contribution >= 4 is 50.0 Å². The van der Waals surface area contributed by atoms with Gasteiger partial charge in [-0.2, -0.15) is 0 Å². The van der Waals surface area contributed by atoms with Gasteiger partial charge in [0.2, 0.25) is 0 Å². The minimum absolute atomic E-state index is 0.0194. The molecule has 1 aliphatic heterocycles. The van der Waals surface area contributed by atoms with E-state index in [4.69, 9.17) is 21.3 Å². The number of halogens is 2. The molecule has 0 aliphatic carbocycles. The Bertz CT molecular complexity index is 1350. The molecule has 7 heteroatoms. The van der Waals surface area contributed by atoms with Gasteiger partial charge in [0.05, 0.1) is 23.9 Å². The van der Waals surface area contributed by atoms with Crippen LogP contribution in [0.5, 0.6) is 5.75 Å². The Labute approximate surface area is 212 Å².